The molecule has 1 fully saturated rings. The average molecular weight is 201 g/mol. The maximum absolute atomic E-state index is 5.42. The predicted molar refractivity (Wildman–Crippen MR) is 57.5 cm³/mol. The van der Waals surface area contributed by atoms with E-state index in [1.807, 2.05) is 0 Å². The third-order valence-electron chi connectivity index (χ3n) is 2.79. The first-order chi connectivity index (χ1) is 6.64. The molecular formula is C11H23NO2. The topological polar surface area (TPSA) is 30.5 Å². The lowest BCUT2D eigenvalue weighted by Gasteiger charge is -2.26. The van der Waals surface area contributed by atoms with Crippen LogP contribution in [0.4, 0.5) is 0 Å². The van der Waals surface area contributed by atoms with Gasteiger partial charge in [-0.3, -0.25) is 0 Å². The Morgan fingerprint density at radius 3 is 2.86 bits per heavy atom. The quantitative estimate of drug-likeness (QED) is 0.730. The van der Waals surface area contributed by atoms with Gasteiger partial charge in [0.15, 0.2) is 0 Å². The molecule has 84 valence electrons. The molecule has 0 aliphatic carbocycles. The van der Waals surface area contributed by atoms with Crippen molar-refractivity contribution in [2.45, 2.75) is 32.3 Å². The van der Waals surface area contributed by atoms with Crippen LogP contribution in [-0.2, 0) is 9.47 Å². The van der Waals surface area contributed by atoms with Crippen LogP contribution in [0.1, 0.15) is 26.7 Å². The minimum absolute atomic E-state index is 0.0600. The smallest absolute Gasteiger partial charge is 0.0746 e. The maximum atomic E-state index is 5.42. The number of hydrogen-bond acceptors (Lipinski definition) is 3. The lowest BCUT2D eigenvalue weighted by Crippen LogP contribution is -2.40. The highest BCUT2D eigenvalue weighted by Gasteiger charge is 2.18. The summed E-state index contributed by atoms with van der Waals surface area (Å²) in [4.78, 5) is 0. The first-order valence-corrected chi connectivity index (χ1v) is 5.48. The Morgan fingerprint density at radius 1 is 1.50 bits per heavy atom. The fraction of sp³-hybridized carbons (Fsp3) is 1.00. The summed E-state index contributed by atoms with van der Waals surface area (Å²) in [6, 6.07) is 0. The van der Waals surface area contributed by atoms with Crippen molar-refractivity contribution in [1.82, 2.24) is 5.32 Å². The van der Waals surface area contributed by atoms with Crippen molar-refractivity contribution < 1.29 is 9.47 Å². The van der Waals surface area contributed by atoms with Gasteiger partial charge in [-0.2, -0.15) is 0 Å². The Bertz CT molecular complexity index is 153. The van der Waals surface area contributed by atoms with Crippen LogP contribution in [0.5, 0.6) is 0 Å². The second-order valence-corrected chi connectivity index (χ2v) is 4.68. The molecule has 14 heavy (non-hydrogen) atoms. The van der Waals surface area contributed by atoms with E-state index >= 15 is 0 Å². The molecule has 1 heterocycles. The molecule has 0 radical (unpaired) electrons. The van der Waals surface area contributed by atoms with Gasteiger partial charge in [-0.1, -0.05) is 0 Å². The van der Waals surface area contributed by atoms with E-state index in [1.165, 1.54) is 12.8 Å². The third kappa shape index (κ3) is 4.40. The molecule has 0 saturated carbocycles. The van der Waals surface area contributed by atoms with Gasteiger partial charge in [0.2, 0.25) is 0 Å². The molecule has 0 aromatic heterocycles. The zero-order valence-electron chi connectivity index (χ0n) is 9.64. The predicted octanol–water partition coefficient (Wildman–Crippen LogP) is 1.43. The van der Waals surface area contributed by atoms with E-state index in [4.69, 9.17) is 9.47 Å². The number of methoxy groups -OCH3 is 1. The van der Waals surface area contributed by atoms with E-state index in [9.17, 15) is 0 Å². The van der Waals surface area contributed by atoms with Crippen LogP contribution in [0.15, 0.2) is 0 Å². The van der Waals surface area contributed by atoms with Gasteiger partial charge < -0.3 is 14.8 Å². The van der Waals surface area contributed by atoms with Gasteiger partial charge in [0.1, 0.15) is 0 Å². The second-order valence-electron chi connectivity index (χ2n) is 4.68. The molecule has 0 aromatic rings. The highest BCUT2D eigenvalue weighted by Crippen LogP contribution is 2.12. The largest absolute Gasteiger partial charge is 0.381 e. The van der Waals surface area contributed by atoms with Gasteiger partial charge in [-0.05, 0) is 32.6 Å². The van der Waals surface area contributed by atoms with Gasteiger partial charge in [-0.15, -0.1) is 0 Å². The van der Waals surface area contributed by atoms with Crippen LogP contribution in [-0.4, -0.2) is 39.0 Å². The van der Waals surface area contributed by atoms with E-state index in [1.54, 1.807) is 7.11 Å². The van der Waals surface area contributed by atoms with E-state index in [-0.39, 0.29) is 5.60 Å². The summed E-state index contributed by atoms with van der Waals surface area (Å²) in [5, 5.41) is 3.44. The molecule has 1 saturated heterocycles. The Balaban J connectivity index is 2.08. The summed E-state index contributed by atoms with van der Waals surface area (Å²) in [6.45, 7) is 8.00. The number of hydrogen-bond donors (Lipinski definition) is 1. The van der Waals surface area contributed by atoms with Crippen molar-refractivity contribution in [2.24, 2.45) is 5.92 Å². The summed E-state index contributed by atoms with van der Waals surface area (Å²) in [6.07, 6.45) is 2.50. The zero-order chi connectivity index (χ0) is 10.4. The molecule has 1 rings (SSSR count). The highest BCUT2D eigenvalue weighted by molar-refractivity contribution is 4.73. The van der Waals surface area contributed by atoms with E-state index in [2.05, 4.69) is 19.2 Å². The molecular weight excluding hydrogens is 178 g/mol. The van der Waals surface area contributed by atoms with Crippen LogP contribution < -0.4 is 5.32 Å². The molecule has 0 aromatic carbocycles. The van der Waals surface area contributed by atoms with Crippen molar-refractivity contribution in [3.8, 4) is 0 Å². The summed E-state index contributed by atoms with van der Waals surface area (Å²) >= 11 is 0. The van der Waals surface area contributed by atoms with E-state index in [0.29, 0.717) is 5.92 Å². The fourth-order valence-corrected chi connectivity index (χ4v) is 1.62. The highest BCUT2D eigenvalue weighted by atomic mass is 16.5. The Kier molecular flexibility index (Phi) is 4.85. The van der Waals surface area contributed by atoms with Gasteiger partial charge in [0.25, 0.3) is 0 Å². The SMILES string of the molecule is COC(C)(C)CNCC1CCCOC1. The summed E-state index contributed by atoms with van der Waals surface area (Å²) in [5.41, 5.74) is -0.0600. The van der Waals surface area contributed by atoms with Crippen LogP contribution in [0.25, 0.3) is 0 Å². The van der Waals surface area contributed by atoms with Crippen molar-refractivity contribution in [3.05, 3.63) is 0 Å². The molecule has 0 bridgehead atoms. The average Bonchev–Trinajstić information content (AvgIpc) is 2.19. The zero-order valence-corrected chi connectivity index (χ0v) is 9.64. The molecule has 1 aliphatic rings. The van der Waals surface area contributed by atoms with Gasteiger partial charge in [0, 0.05) is 26.8 Å². The van der Waals surface area contributed by atoms with Gasteiger partial charge >= 0.3 is 0 Å². The molecule has 3 heteroatoms. The molecule has 0 amide bonds. The monoisotopic (exact) mass is 201 g/mol. The number of ether oxygens (including phenoxy) is 2. The number of nitrogens with one attached hydrogen (secondary N) is 1. The standard InChI is InChI=1S/C11H23NO2/c1-11(2,13-3)9-12-7-10-5-4-6-14-8-10/h10,12H,4-9H2,1-3H3. The first-order valence-electron chi connectivity index (χ1n) is 5.48. The van der Waals surface area contributed by atoms with E-state index < -0.39 is 0 Å². The summed E-state index contributed by atoms with van der Waals surface area (Å²) in [7, 11) is 1.76. The number of rotatable bonds is 5. The van der Waals surface area contributed by atoms with Crippen LogP contribution in [0, 0.1) is 5.92 Å². The third-order valence-corrected chi connectivity index (χ3v) is 2.79. The molecule has 3 nitrogen and oxygen atoms in total. The molecule has 1 atom stereocenters. The van der Waals surface area contributed by atoms with Crippen LogP contribution in [0.3, 0.4) is 0 Å². The van der Waals surface area contributed by atoms with Gasteiger partial charge in [-0.25, -0.2) is 0 Å². The van der Waals surface area contributed by atoms with Crippen molar-refractivity contribution in [1.29, 1.82) is 0 Å². The minimum Gasteiger partial charge on any atom is -0.381 e. The normalized spacial score (nSPS) is 23.8. The van der Waals surface area contributed by atoms with Gasteiger partial charge in [0.05, 0.1) is 12.2 Å². The van der Waals surface area contributed by atoms with Crippen molar-refractivity contribution >= 4 is 0 Å². The van der Waals surface area contributed by atoms with Crippen molar-refractivity contribution in [3.63, 3.8) is 0 Å². The Morgan fingerprint density at radius 2 is 2.29 bits per heavy atom. The molecule has 0 spiro atoms. The van der Waals surface area contributed by atoms with Crippen molar-refractivity contribution in [2.75, 3.05) is 33.4 Å². The Labute approximate surface area is 87.2 Å². The van der Waals surface area contributed by atoms with Crippen LogP contribution >= 0.6 is 0 Å². The molecule has 1 aliphatic heterocycles. The Hall–Kier alpha value is -0.120. The lowest BCUT2D eigenvalue weighted by molar-refractivity contribution is 0.0177. The minimum atomic E-state index is -0.0600. The summed E-state index contributed by atoms with van der Waals surface area (Å²) in [5.74, 6) is 0.691. The maximum Gasteiger partial charge on any atom is 0.0746 e. The molecule has 1 unspecified atom stereocenters. The lowest BCUT2D eigenvalue weighted by atomic mass is 10.0. The summed E-state index contributed by atoms with van der Waals surface area (Å²) < 4.78 is 10.8. The fourth-order valence-electron chi connectivity index (χ4n) is 1.62. The second kappa shape index (κ2) is 5.69. The van der Waals surface area contributed by atoms with Crippen LogP contribution in [0.2, 0.25) is 0 Å². The molecule has 1 N–H and O–H groups in total. The first kappa shape index (κ1) is 12.0. The van der Waals surface area contributed by atoms with E-state index in [0.717, 1.165) is 26.3 Å².